The molecule has 5 rings (SSSR count). The monoisotopic (exact) mass is 407 g/mol. The van der Waals surface area contributed by atoms with Crippen molar-refractivity contribution < 1.29 is 9.59 Å². The fourth-order valence-electron chi connectivity index (χ4n) is 3.56. The number of anilines is 2. The van der Waals surface area contributed by atoms with Crippen LogP contribution in [-0.2, 0) is 16.6 Å². The maximum Gasteiger partial charge on any atom is 0.243 e. The molecule has 0 fully saturated rings. The maximum atomic E-state index is 12.7. The lowest BCUT2D eigenvalue weighted by Gasteiger charge is -2.27. The van der Waals surface area contributed by atoms with Gasteiger partial charge in [0, 0.05) is 28.2 Å². The molecule has 3 heterocycles. The van der Waals surface area contributed by atoms with Crippen molar-refractivity contribution in [3.8, 4) is 0 Å². The van der Waals surface area contributed by atoms with Gasteiger partial charge in [0.1, 0.15) is 10.5 Å². The number of rotatable bonds is 2. The van der Waals surface area contributed by atoms with E-state index in [1.807, 2.05) is 72.3 Å². The zero-order chi connectivity index (χ0) is 19.3. The SMILES string of the molecule is Cn1c([C@@H]2Sc3ccccc3NC2=O)ccc1[C@@H]1Sc2ccccc2NC1=O. The van der Waals surface area contributed by atoms with Gasteiger partial charge in [-0.25, -0.2) is 0 Å². The number of carbonyl (C=O) groups excluding carboxylic acids is 2. The molecule has 2 atom stereocenters. The molecule has 0 aliphatic carbocycles. The summed E-state index contributed by atoms with van der Waals surface area (Å²) in [6, 6.07) is 19.5. The lowest BCUT2D eigenvalue weighted by Crippen LogP contribution is -2.26. The molecule has 2 N–H and O–H groups in total. The second-order valence-electron chi connectivity index (χ2n) is 6.71. The molecule has 5 nitrogen and oxygen atoms in total. The largest absolute Gasteiger partial charge is 0.349 e. The van der Waals surface area contributed by atoms with Gasteiger partial charge in [0.25, 0.3) is 0 Å². The van der Waals surface area contributed by atoms with Crippen molar-refractivity contribution in [3.05, 3.63) is 72.1 Å². The summed E-state index contributed by atoms with van der Waals surface area (Å²) in [4.78, 5) is 27.5. The van der Waals surface area contributed by atoms with Crippen LogP contribution in [0.4, 0.5) is 11.4 Å². The molecule has 2 aliphatic rings. The molecule has 0 radical (unpaired) electrons. The lowest BCUT2D eigenvalue weighted by molar-refractivity contribution is -0.116. The van der Waals surface area contributed by atoms with E-state index in [-0.39, 0.29) is 22.3 Å². The van der Waals surface area contributed by atoms with Crippen molar-refractivity contribution >= 4 is 46.7 Å². The minimum absolute atomic E-state index is 0.0393. The van der Waals surface area contributed by atoms with Gasteiger partial charge in [-0.15, -0.1) is 23.5 Å². The second-order valence-corrected chi connectivity index (χ2v) is 9.00. The molecule has 2 aromatic carbocycles. The lowest BCUT2D eigenvalue weighted by atomic mass is 10.2. The third kappa shape index (κ3) is 2.82. The first kappa shape index (κ1) is 17.5. The highest BCUT2D eigenvalue weighted by Crippen LogP contribution is 2.47. The van der Waals surface area contributed by atoms with Crippen LogP contribution in [0.15, 0.2) is 70.5 Å². The normalized spacial score (nSPS) is 20.8. The van der Waals surface area contributed by atoms with Crippen LogP contribution in [0, 0.1) is 0 Å². The highest BCUT2D eigenvalue weighted by molar-refractivity contribution is 8.00. The summed E-state index contributed by atoms with van der Waals surface area (Å²) >= 11 is 3.08. The van der Waals surface area contributed by atoms with Crippen molar-refractivity contribution in [2.45, 2.75) is 20.3 Å². The van der Waals surface area contributed by atoms with Gasteiger partial charge in [0.2, 0.25) is 11.8 Å². The Labute approximate surface area is 170 Å². The number of benzene rings is 2. The number of nitrogens with zero attached hydrogens (tertiary/aromatic N) is 1. The van der Waals surface area contributed by atoms with Crippen LogP contribution in [0.25, 0.3) is 0 Å². The predicted octanol–water partition coefficient (Wildman–Crippen LogP) is 4.60. The molecule has 2 amide bonds. The highest BCUT2D eigenvalue weighted by Gasteiger charge is 2.34. The van der Waals surface area contributed by atoms with Gasteiger partial charge in [-0.3, -0.25) is 9.59 Å². The van der Waals surface area contributed by atoms with E-state index in [2.05, 4.69) is 10.6 Å². The first-order valence-electron chi connectivity index (χ1n) is 8.90. The number of hydrogen-bond acceptors (Lipinski definition) is 4. The van der Waals surface area contributed by atoms with Crippen molar-refractivity contribution in [2.75, 3.05) is 10.6 Å². The highest BCUT2D eigenvalue weighted by atomic mass is 32.2. The maximum absolute atomic E-state index is 12.7. The molecule has 2 aliphatic heterocycles. The summed E-state index contributed by atoms with van der Waals surface area (Å²) in [6.07, 6.45) is 0. The molecular weight excluding hydrogens is 390 g/mol. The summed E-state index contributed by atoms with van der Waals surface area (Å²) in [6.45, 7) is 0. The zero-order valence-electron chi connectivity index (χ0n) is 15.0. The summed E-state index contributed by atoms with van der Waals surface area (Å²) < 4.78 is 1.98. The number of hydrogen-bond donors (Lipinski definition) is 2. The van der Waals surface area contributed by atoms with Crippen LogP contribution in [0.1, 0.15) is 21.9 Å². The third-order valence-corrected chi connectivity index (χ3v) is 7.59. The Bertz CT molecular complexity index is 1020. The van der Waals surface area contributed by atoms with Gasteiger partial charge >= 0.3 is 0 Å². The van der Waals surface area contributed by atoms with Gasteiger partial charge in [-0.05, 0) is 36.4 Å². The van der Waals surface area contributed by atoms with E-state index in [4.69, 9.17) is 0 Å². The van der Waals surface area contributed by atoms with E-state index in [1.54, 1.807) is 23.5 Å². The molecule has 0 unspecified atom stereocenters. The van der Waals surface area contributed by atoms with Crippen LogP contribution in [0.2, 0.25) is 0 Å². The van der Waals surface area contributed by atoms with Gasteiger partial charge in [0.05, 0.1) is 11.4 Å². The number of aromatic nitrogens is 1. The molecule has 1 aromatic heterocycles. The Balaban J connectivity index is 1.47. The smallest absolute Gasteiger partial charge is 0.243 e. The molecule has 3 aromatic rings. The summed E-state index contributed by atoms with van der Waals surface area (Å²) in [5.41, 5.74) is 3.47. The van der Waals surface area contributed by atoms with E-state index in [0.717, 1.165) is 32.6 Å². The average molecular weight is 408 g/mol. The van der Waals surface area contributed by atoms with Crippen molar-refractivity contribution in [1.29, 1.82) is 0 Å². The molecule has 0 bridgehead atoms. The molecule has 0 spiro atoms. The van der Waals surface area contributed by atoms with Crippen molar-refractivity contribution in [2.24, 2.45) is 7.05 Å². The van der Waals surface area contributed by atoms with Gasteiger partial charge in [0.15, 0.2) is 0 Å². The standard InChI is InChI=1S/C21H17N3O2S2/c1-24-14(18-20(25)22-12-6-2-4-8-16(12)27-18)10-11-15(24)19-21(26)23-13-7-3-5-9-17(13)28-19/h2-11,18-19H,1H3,(H,22,25)(H,23,26)/t18-,19-/m0/s1. The van der Waals surface area contributed by atoms with E-state index in [0.29, 0.717) is 0 Å². The first-order chi connectivity index (χ1) is 13.6. The molecule has 0 saturated carbocycles. The van der Waals surface area contributed by atoms with Gasteiger partial charge in [-0.1, -0.05) is 24.3 Å². The van der Waals surface area contributed by atoms with Crippen LogP contribution in [0.5, 0.6) is 0 Å². The van der Waals surface area contributed by atoms with Crippen LogP contribution in [-0.4, -0.2) is 16.4 Å². The van der Waals surface area contributed by atoms with E-state index < -0.39 is 0 Å². The Morgan fingerprint density at radius 1 is 0.714 bits per heavy atom. The van der Waals surface area contributed by atoms with E-state index in [1.165, 1.54) is 0 Å². The van der Waals surface area contributed by atoms with Crippen LogP contribution < -0.4 is 10.6 Å². The van der Waals surface area contributed by atoms with Crippen LogP contribution >= 0.6 is 23.5 Å². The number of carbonyl (C=O) groups is 2. The number of para-hydroxylation sites is 2. The summed E-state index contributed by atoms with van der Waals surface area (Å²) in [5, 5.41) is 5.28. The number of thioether (sulfide) groups is 2. The second kappa shape index (κ2) is 6.76. The predicted molar refractivity (Wildman–Crippen MR) is 113 cm³/mol. The van der Waals surface area contributed by atoms with Crippen molar-refractivity contribution in [1.82, 2.24) is 4.57 Å². The zero-order valence-corrected chi connectivity index (χ0v) is 16.6. The van der Waals surface area contributed by atoms with E-state index >= 15 is 0 Å². The average Bonchev–Trinajstić information content (AvgIpc) is 3.08. The minimum Gasteiger partial charge on any atom is -0.349 e. The Kier molecular flexibility index (Phi) is 4.21. The molecular formula is C21H17N3O2S2. The fraction of sp³-hybridized carbons (Fsp3) is 0.143. The minimum atomic E-state index is -0.349. The van der Waals surface area contributed by atoms with E-state index in [9.17, 15) is 9.59 Å². The molecule has 140 valence electrons. The topological polar surface area (TPSA) is 63.1 Å². The van der Waals surface area contributed by atoms with Gasteiger partial charge < -0.3 is 15.2 Å². The molecule has 7 heteroatoms. The third-order valence-electron chi connectivity index (χ3n) is 4.99. The van der Waals surface area contributed by atoms with Crippen molar-refractivity contribution in [3.63, 3.8) is 0 Å². The first-order valence-corrected chi connectivity index (χ1v) is 10.7. The Morgan fingerprint density at radius 2 is 1.14 bits per heavy atom. The number of fused-ring (bicyclic) bond motifs is 2. The Hall–Kier alpha value is -2.64. The Morgan fingerprint density at radius 3 is 1.61 bits per heavy atom. The fourth-order valence-corrected chi connectivity index (χ4v) is 5.92. The summed E-state index contributed by atoms with van der Waals surface area (Å²) in [7, 11) is 1.92. The number of amides is 2. The quantitative estimate of drug-likeness (QED) is 0.652. The number of nitrogens with one attached hydrogen (secondary N) is 2. The summed E-state index contributed by atoms with van der Waals surface area (Å²) in [5.74, 6) is -0.0786. The van der Waals surface area contributed by atoms with Gasteiger partial charge in [-0.2, -0.15) is 0 Å². The molecule has 0 saturated heterocycles. The van der Waals surface area contributed by atoms with Crippen LogP contribution in [0.3, 0.4) is 0 Å². The molecule has 28 heavy (non-hydrogen) atoms.